The van der Waals surface area contributed by atoms with Crippen LogP contribution in [0, 0.1) is 0 Å². The van der Waals surface area contributed by atoms with E-state index >= 15 is 0 Å². The number of aliphatic hydroxyl groups excluding tert-OH is 3. The number of carbonyl (C=O) groups is 1. The first kappa shape index (κ1) is 19.1. The van der Waals surface area contributed by atoms with Crippen LogP contribution in [-0.4, -0.2) is 40.3 Å². The lowest BCUT2D eigenvalue weighted by molar-refractivity contribution is -0.185. The lowest BCUT2D eigenvalue weighted by Crippen LogP contribution is -2.33. The number of esters is 1. The first-order valence-corrected chi connectivity index (χ1v) is 7.46. The summed E-state index contributed by atoms with van der Waals surface area (Å²) in [5.41, 5.74) is 0. The lowest BCUT2D eigenvalue weighted by atomic mass is 10.1. The topological polar surface area (TPSA) is 87.0 Å². The van der Waals surface area contributed by atoms with E-state index in [1.807, 2.05) is 0 Å². The molecule has 0 aromatic rings. The van der Waals surface area contributed by atoms with Crippen molar-refractivity contribution in [2.75, 3.05) is 6.61 Å². The molecule has 118 valence electrons. The standard InChI is InChI=1S/C15H28O5/c1-2-3-4-5-6-7-8-9-10-11-14(18)20-15(19)13(17)12-16/h10-11,13,15-17,19H,2-9,12H2,1H3/b11-10+. The second-order valence-corrected chi connectivity index (χ2v) is 4.89. The molecular weight excluding hydrogens is 260 g/mol. The Bertz CT molecular complexity index is 265. The number of aliphatic hydroxyl groups is 3. The van der Waals surface area contributed by atoms with E-state index < -0.39 is 25.0 Å². The normalized spacial score (nSPS) is 14.4. The van der Waals surface area contributed by atoms with Gasteiger partial charge >= 0.3 is 5.97 Å². The van der Waals surface area contributed by atoms with Crippen molar-refractivity contribution in [2.24, 2.45) is 0 Å². The maximum atomic E-state index is 11.2. The molecule has 0 aliphatic heterocycles. The highest BCUT2D eigenvalue weighted by molar-refractivity contribution is 5.81. The average Bonchev–Trinajstić information content (AvgIpc) is 2.44. The second-order valence-electron chi connectivity index (χ2n) is 4.89. The Hall–Kier alpha value is -0.910. The van der Waals surface area contributed by atoms with Gasteiger partial charge in [-0.1, -0.05) is 51.5 Å². The van der Waals surface area contributed by atoms with Gasteiger partial charge in [0, 0.05) is 6.08 Å². The largest absolute Gasteiger partial charge is 0.430 e. The molecule has 0 bridgehead atoms. The average molecular weight is 288 g/mol. The number of hydrogen-bond donors (Lipinski definition) is 3. The number of hydrogen-bond acceptors (Lipinski definition) is 5. The van der Waals surface area contributed by atoms with Crippen molar-refractivity contribution in [3.05, 3.63) is 12.2 Å². The van der Waals surface area contributed by atoms with Crippen molar-refractivity contribution < 1.29 is 24.9 Å². The molecule has 0 aromatic heterocycles. The zero-order valence-corrected chi connectivity index (χ0v) is 12.3. The summed E-state index contributed by atoms with van der Waals surface area (Å²) in [6.07, 6.45) is 9.10. The van der Waals surface area contributed by atoms with E-state index in [0.717, 1.165) is 19.3 Å². The van der Waals surface area contributed by atoms with Gasteiger partial charge < -0.3 is 20.1 Å². The first-order chi connectivity index (χ1) is 9.61. The van der Waals surface area contributed by atoms with Gasteiger partial charge in [0.2, 0.25) is 6.29 Å². The maximum Gasteiger partial charge on any atom is 0.332 e. The molecule has 5 nitrogen and oxygen atoms in total. The van der Waals surface area contributed by atoms with Crippen LogP contribution in [0.1, 0.15) is 58.3 Å². The highest BCUT2D eigenvalue weighted by Gasteiger charge is 2.18. The number of allylic oxidation sites excluding steroid dienone is 1. The molecule has 0 spiro atoms. The van der Waals surface area contributed by atoms with Crippen LogP contribution in [0.5, 0.6) is 0 Å². The van der Waals surface area contributed by atoms with Crippen LogP contribution >= 0.6 is 0 Å². The Morgan fingerprint density at radius 1 is 1.10 bits per heavy atom. The van der Waals surface area contributed by atoms with E-state index in [2.05, 4.69) is 11.7 Å². The minimum Gasteiger partial charge on any atom is -0.430 e. The van der Waals surface area contributed by atoms with Crippen LogP contribution in [-0.2, 0) is 9.53 Å². The van der Waals surface area contributed by atoms with E-state index in [-0.39, 0.29) is 0 Å². The van der Waals surface area contributed by atoms with Gasteiger partial charge in [-0.15, -0.1) is 0 Å². The molecule has 2 unspecified atom stereocenters. The van der Waals surface area contributed by atoms with Gasteiger partial charge in [-0.25, -0.2) is 4.79 Å². The van der Waals surface area contributed by atoms with E-state index in [1.165, 1.54) is 38.2 Å². The van der Waals surface area contributed by atoms with Crippen molar-refractivity contribution in [2.45, 2.75) is 70.7 Å². The van der Waals surface area contributed by atoms with Crippen molar-refractivity contribution in [3.8, 4) is 0 Å². The Morgan fingerprint density at radius 3 is 2.30 bits per heavy atom. The van der Waals surface area contributed by atoms with Gasteiger partial charge in [-0.05, 0) is 12.8 Å². The van der Waals surface area contributed by atoms with E-state index in [4.69, 9.17) is 15.3 Å². The van der Waals surface area contributed by atoms with Crippen molar-refractivity contribution >= 4 is 5.97 Å². The summed E-state index contributed by atoms with van der Waals surface area (Å²) in [5, 5.41) is 26.7. The molecule has 0 saturated heterocycles. The maximum absolute atomic E-state index is 11.2. The van der Waals surface area contributed by atoms with Crippen LogP contribution in [0.4, 0.5) is 0 Å². The monoisotopic (exact) mass is 288 g/mol. The van der Waals surface area contributed by atoms with Gasteiger partial charge in [-0.3, -0.25) is 0 Å². The third kappa shape index (κ3) is 11.0. The molecule has 3 N–H and O–H groups in total. The molecule has 0 radical (unpaired) electrons. The molecule has 0 aliphatic carbocycles. The highest BCUT2D eigenvalue weighted by atomic mass is 16.6. The van der Waals surface area contributed by atoms with Gasteiger partial charge in [-0.2, -0.15) is 0 Å². The fraction of sp³-hybridized carbons (Fsp3) is 0.800. The van der Waals surface area contributed by atoms with Crippen molar-refractivity contribution in [1.29, 1.82) is 0 Å². The Labute approximate surface area is 121 Å². The summed E-state index contributed by atoms with van der Waals surface area (Å²) >= 11 is 0. The summed E-state index contributed by atoms with van der Waals surface area (Å²) < 4.78 is 4.49. The molecule has 0 amide bonds. The summed E-state index contributed by atoms with van der Waals surface area (Å²) in [7, 11) is 0. The predicted octanol–water partition coefficient (Wildman–Crippen LogP) is 1.90. The fourth-order valence-corrected chi connectivity index (χ4v) is 1.73. The summed E-state index contributed by atoms with van der Waals surface area (Å²) in [5.74, 6) is -0.715. The Balaban J connectivity index is 3.52. The number of unbranched alkanes of at least 4 members (excludes halogenated alkanes) is 7. The van der Waals surface area contributed by atoms with E-state index in [1.54, 1.807) is 6.08 Å². The highest BCUT2D eigenvalue weighted by Crippen LogP contribution is 2.08. The van der Waals surface area contributed by atoms with Crippen molar-refractivity contribution in [1.82, 2.24) is 0 Å². The molecule has 0 aliphatic rings. The molecule has 0 fully saturated rings. The molecular formula is C15H28O5. The Morgan fingerprint density at radius 2 is 1.70 bits per heavy atom. The number of rotatable bonds is 12. The number of carbonyl (C=O) groups excluding carboxylic acids is 1. The molecule has 0 aromatic carbocycles. The third-order valence-electron chi connectivity index (χ3n) is 2.98. The minimum atomic E-state index is -1.68. The van der Waals surface area contributed by atoms with Crippen molar-refractivity contribution in [3.63, 3.8) is 0 Å². The molecule has 2 atom stereocenters. The molecule has 0 rings (SSSR count). The molecule has 20 heavy (non-hydrogen) atoms. The molecule has 5 heteroatoms. The van der Waals surface area contributed by atoms with E-state index in [0.29, 0.717) is 0 Å². The van der Waals surface area contributed by atoms with Gasteiger partial charge in [0.15, 0.2) is 0 Å². The predicted molar refractivity (Wildman–Crippen MR) is 76.9 cm³/mol. The summed E-state index contributed by atoms with van der Waals surface area (Å²) in [6.45, 7) is 1.54. The SMILES string of the molecule is CCCCCCCCC/C=C/C(=O)OC(O)C(O)CO. The molecule has 0 saturated carbocycles. The van der Waals surface area contributed by atoms with E-state index in [9.17, 15) is 4.79 Å². The first-order valence-electron chi connectivity index (χ1n) is 7.46. The summed E-state index contributed by atoms with van der Waals surface area (Å²) in [4.78, 5) is 11.2. The molecule has 0 heterocycles. The van der Waals surface area contributed by atoms with Crippen LogP contribution in [0.15, 0.2) is 12.2 Å². The zero-order chi connectivity index (χ0) is 15.2. The van der Waals surface area contributed by atoms with Gasteiger partial charge in [0.1, 0.15) is 6.10 Å². The van der Waals surface area contributed by atoms with Crippen LogP contribution in [0.3, 0.4) is 0 Å². The van der Waals surface area contributed by atoms with Gasteiger partial charge in [0.05, 0.1) is 6.61 Å². The lowest BCUT2D eigenvalue weighted by Gasteiger charge is -2.14. The Kier molecular flexibility index (Phi) is 12.5. The second kappa shape index (κ2) is 13.1. The van der Waals surface area contributed by atoms with Gasteiger partial charge in [0.25, 0.3) is 0 Å². The van der Waals surface area contributed by atoms with Crippen LogP contribution in [0.25, 0.3) is 0 Å². The van der Waals surface area contributed by atoms with Crippen LogP contribution < -0.4 is 0 Å². The number of ether oxygens (including phenoxy) is 1. The minimum absolute atomic E-state index is 0.657. The smallest absolute Gasteiger partial charge is 0.332 e. The fourth-order valence-electron chi connectivity index (χ4n) is 1.73. The zero-order valence-electron chi connectivity index (χ0n) is 12.3. The van der Waals surface area contributed by atoms with Crippen LogP contribution in [0.2, 0.25) is 0 Å². The quantitative estimate of drug-likeness (QED) is 0.221. The summed E-state index contributed by atoms with van der Waals surface area (Å²) in [6, 6.07) is 0. The third-order valence-corrected chi connectivity index (χ3v) is 2.98.